The van der Waals surface area contributed by atoms with E-state index in [2.05, 4.69) is 44.4 Å². The van der Waals surface area contributed by atoms with E-state index in [9.17, 15) is 9.59 Å². The topological polar surface area (TPSA) is 104 Å². The van der Waals surface area contributed by atoms with Crippen molar-refractivity contribution >= 4 is 22.7 Å². The zero-order valence-corrected chi connectivity index (χ0v) is 20.5. The van der Waals surface area contributed by atoms with Gasteiger partial charge >= 0.3 is 0 Å². The molecule has 2 unspecified atom stereocenters. The van der Waals surface area contributed by atoms with Crippen LogP contribution in [0.5, 0.6) is 5.75 Å². The summed E-state index contributed by atoms with van der Waals surface area (Å²) in [5.74, 6) is 0.471. The van der Waals surface area contributed by atoms with Gasteiger partial charge in [-0.2, -0.15) is 0 Å². The van der Waals surface area contributed by atoms with Crippen molar-refractivity contribution in [1.29, 1.82) is 0 Å². The number of benzene rings is 2. The molecule has 0 bridgehead atoms. The maximum atomic E-state index is 13.2. The van der Waals surface area contributed by atoms with Gasteiger partial charge in [-0.25, -0.2) is 0 Å². The molecule has 1 aliphatic heterocycles. The molecule has 0 saturated carbocycles. The normalized spacial score (nSPS) is 18.6. The highest BCUT2D eigenvalue weighted by atomic mass is 16.5. The summed E-state index contributed by atoms with van der Waals surface area (Å²) in [6.07, 6.45) is 3.60. The number of aromatic nitrogens is 1. The quantitative estimate of drug-likeness (QED) is 0.416. The molecule has 1 saturated heterocycles. The average Bonchev–Trinajstić information content (AvgIpc) is 3.26. The monoisotopic (exact) mass is 477 g/mol. The number of hydrogen-bond acceptors (Lipinski definition) is 5. The van der Waals surface area contributed by atoms with Gasteiger partial charge in [0.05, 0.1) is 5.92 Å². The van der Waals surface area contributed by atoms with E-state index >= 15 is 0 Å². The number of likely N-dealkylation sites (N-methyl/N-ethyl adjacent to an activating group) is 1. The maximum Gasteiger partial charge on any atom is 0.248 e. The molecular weight excluding hydrogens is 442 g/mol. The van der Waals surface area contributed by atoms with Gasteiger partial charge in [-0.05, 0) is 56.6 Å². The number of amides is 2. The first-order chi connectivity index (χ1) is 16.9. The first kappa shape index (κ1) is 24.8. The van der Waals surface area contributed by atoms with Crippen molar-refractivity contribution < 1.29 is 14.3 Å². The molecule has 0 aliphatic carbocycles. The van der Waals surface area contributed by atoms with Crippen molar-refractivity contribution in [3.8, 4) is 5.75 Å². The zero-order valence-electron chi connectivity index (χ0n) is 20.5. The Balaban J connectivity index is 1.43. The van der Waals surface area contributed by atoms with E-state index < -0.39 is 5.91 Å². The Morgan fingerprint density at radius 2 is 2.00 bits per heavy atom. The highest BCUT2D eigenvalue weighted by Crippen LogP contribution is 2.30. The van der Waals surface area contributed by atoms with Gasteiger partial charge in [0.2, 0.25) is 11.8 Å². The third kappa shape index (κ3) is 6.41. The number of primary amides is 1. The first-order valence-corrected chi connectivity index (χ1v) is 12.1. The lowest BCUT2D eigenvalue weighted by Gasteiger charge is -2.37. The third-order valence-corrected chi connectivity index (χ3v) is 6.71. The number of nitrogens with two attached hydrogens (primary N) is 1. The Morgan fingerprint density at radius 3 is 2.74 bits per heavy atom. The van der Waals surface area contributed by atoms with Gasteiger partial charge in [0, 0.05) is 48.8 Å². The summed E-state index contributed by atoms with van der Waals surface area (Å²) in [6.45, 7) is 3.30. The molecule has 1 fully saturated rings. The fraction of sp³-hybridized carbons (Fsp3) is 0.407. The van der Waals surface area contributed by atoms with Crippen LogP contribution in [0.4, 0.5) is 0 Å². The molecule has 2 heterocycles. The molecule has 1 aromatic heterocycles. The first-order valence-electron chi connectivity index (χ1n) is 12.1. The largest absolute Gasteiger partial charge is 0.476 e. The number of nitrogens with zero attached hydrogens (tertiary/aromatic N) is 2. The zero-order chi connectivity index (χ0) is 24.8. The van der Waals surface area contributed by atoms with Crippen LogP contribution in [-0.2, 0) is 11.2 Å². The summed E-state index contributed by atoms with van der Waals surface area (Å²) in [7, 11) is 4.00. The lowest BCUT2D eigenvalue weighted by Crippen LogP contribution is -2.49. The molecule has 4 rings (SSSR count). The number of carbonyl (C=O) groups excluding carboxylic acids is 2. The number of nitrogens with one attached hydrogen (secondary N) is 2. The highest BCUT2D eigenvalue weighted by Gasteiger charge is 2.34. The van der Waals surface area contributed by atoms with E-state index in [4.69, 9.17) is 10.5 Å². The summed E-state index contributed by atoms with van der Waals surface area (Å²) >= 11 is 0. The van der Waals surface area contributed by atoms with Gasteiger partial charge in [0.25, 0.3) is 0 Å². The lowest BCUT2D eigenvalue weighted by molar-refractivity contribution is -0.129. The van der Waals surface area contributed by atoms with Crippen LogP contribution < -0.4 is 15.8 Å². The predicted octanol–water partition coefficient (Wildman–Crippen LogP) is 2.46. The van der Waals surface area contributed by atoms with Crippen LogP contribution in [0.15, 0.2) is 54.7 Å². The van der Waals surface area contributed by atoms with Gasteiger partial charge in [-0.1, -0.05) is 30.3 Å². The second-order valence-corrected chi connectivity index (χ2v) is 9.57. The Kier molecular flexibility index (Phi) is 8.05. The Hall–Kier alpha value is -3.36. The predicted molar refractivity (Wildman–Crippen MR) is 137 cm³/mol. The van der Waals surface area contributed by atoms with Gasteiger partial charge in [-0.3, -0.25) is 14.5 Å². The molecule has 8 nitrogen and oxygen atoms in total. The standard InChI is InChI=1S/C27H35N5O3/c1-31(2)13-11-29-27(34)23-17-32(12-10-20(23)14-19-6-4-3-5-7-19)18-35-25-16-30-24-9-8-21(26(28)33)15-22(24)25/h3-9,15-16,20,23,30H,10-14,17-18H2,1-2H3,(H2,28,33)(H,29,34). The minimum absolute atomic E-state index is 0.107. The van der Waals surface area contributed by atoms with E-state index in [1.54, 1.807) is 18.3 Å². The van der Waals surface area contributed by atoms with Crippen LogP contribution in [0.25, 0.3) is 10.9 Å². The van der Waals surface area contributed by atoms with E-state index in [-0.39, 0.29) is 17.7 Å². The molecule has 4 N–H and O–H groups in total. The molecule has 0 spiro atoms. The Labute approximate surface area is 206 Å². The van der Waals surface area contributed by atoms with Crippen molar-refractivity contribution in [2.75, 3.05) is 47.0 Å². The number of H-pyrrole nitrogens is 1. The van der Waals surface area contributed by atoms with Gasteiger partial charge in [0.1, 0.15) is 12.5 Å². The summed E-state index contributed by atoms with van der Waals surface area (Å²) < 4.78 is 6.13. The number of carbonyl (C=O) groups is 2. The number of aromatic amines is 1. The van der Waals surface area contributed by atoms with Crippen molar-refractivity contribution in [1.82, 2.24) is 20.1 Å². The van der Waals surface area contributed by atoms with Crippen molar-refractivity contribution in [2.24, 2.45) is 17.6 Å². The molecule has 2 aromatic carbocycles. The number of rotatable bonds is 10. The highest BCUT2D eigenvalue weighted by molar-refractivity contribution is 5.98. The van der Waals surface area contributed by atoms with E-state index in [0.29, 0.717) is 31.1 Å². The van der Waals surface area contributed by atoms with Crippen LogP contribution in [0.3, 0.4) is 0 Å². The van der Waals surface area contributed by atoms with E-state index in [0.717, 1.165) is 36.8 Å². The Bertz CT molecular complexity index is 1140. The summed E-state index contributed by atoms with van der Waals surface area (Å²) in [5.41, 5.74) is 8.02. The minimum atomic E-state index is -0.470. The number of fused-ring (bicyclic) bond motifs is 1. The smallest absolute Gasteiger partial charge is 0.248 e. The summed E-state index contributed by atoms with van der Waals surface area (Å²) in [4.78, 5) is 32.2. The van der Waals surface area contributed by atoms with Crippen LogP contribution in [-0.4, -0.2) is 73.6 Å². The molecule has 8 heteroatoms. The van der Waals surface area contributed by atoms with Gasteiger partial charge in [0.15, 0.2) is 0 Å². The van der Waals surface area contributed by atoms with Gasteiger partial charge in [-0.15, -0.1) is 0 Å². The van der Waals surface area contributed by atoms with E-state index in [1.165, 1.54) is 5.56 Å². The van der Waals surface area contributed by atoms with E-state index in [1.807, 2.05) is 26.2 Å². The number of piperidine rings is 1. The Morgan fingerprint density at radius 1 is 1.20 bits per heavy atom. The second kappa shape index (κ2) is 11.4. The van der Waals surface area contributed by atoms with Crippen LogP contribution in [0.1, 0.15) is 22.3 Å². The van der Waals surface area contributed by atoms with Crippen LogP contribution >= 0.6 is 0 Å². The second-order valence-electron chi connectivity index (χ2n) is 9.57. The molecule has 1 aliphatic rings. The van der Waals surface area contributed by atoms with Crippen molar-refractivity contribution in [3.05, 3.63) is 65.9 Å². The molecule has 0 radical (unpaired) electrons. The van der Waals surface area contributed by atoms with Crippen molar-refractivity contribution in [3.63, 3.8) is 0 Å². The molecule has 2 atom stereocenters. The maximum absolute atomic E-state index is 13.2. The minimum Gasteiger partial charge on any atom is -0.476 e. The number of likely N-dealkylation sites (tertiary alicyclic amines) is 1. The summed E-state index contributed by atoms with van der Waals surface area (Å²) in [6, 6.07) is 15.7. The fourth-order valence-electron chi connectivity index (χ4n) is 4.71. The fourth-order valence-corrected chi connectivity index (χ4v) is 4.71. The number of hydrogen-bond donors (Lipinski definition) is 3. The molecule has 35 heavy (non-hydrogen) atoms. The van der Waals surface area contributed by atoms with Gasteiger partial charge < -0.3 is 25.7 Å². The van der Waals surface area contributed by atoms with Crippen molar-refractivity contribution in [2.45, 2.75) is 12.8 Å². The molecular formula is C27H35N5O3. The van der Waals surface area contributed by atoms with Crippen LogP contribution in [0.2, 0.25) is 0 Å². The van der Waals surface area contributed by atoms with Crippen LogP contribution in [0, 0.1) is 11.8 Å². The number of ether oxygens (including phenoxy) is 1. The lowest BCUT2D eigenvalue weighted by atomic mass is 9.80. The SMILES string of the molecule is CN(C)CCNC(=O)C1CN(COc2c[nH]c3ccc(C(N)=O)cc23)CCC1Cc1ccccc1. The summed E-state index contributed by atoms with van der Waals surface area (Å²) in [5, 5.41) is 3.95. The third-order valence-electron chi connectivity index (χ3n) is 6.71. The molecule has 2 amide bonds. The molecule has 3 aromatic rings. The average molecular weight is 478 g/mol. The molecule has 186 valence electrons.